The van der Waals surface area contributed by atoms with Crippen LogP contribution in [0.15, 0.2) is 97.1 Å². The maximum absolute atomic E-state index is 12.9. The van der Waals surface area contributed by atoms with Gasteiger partial charge in [0, 0.05) is 17.7 Å². The van der Waals surface area contributed by atoms with Crippen molar-refractivity contribution in [3.63, 3.8) is 0 Å². The number of amides is 2. The third-order valence-corrected chi connectivity index (χ3v) is 5.71. The van der Waals surface area contributed by atoms with E-state index in [0.717, 1.165) is 11.1 Å². The van der Waals surface area contributed by atoms with Gasteiger partial charge in [-0.2, -0.15) is 0 Å². The smallest absolute Gasteiger partial charge is 0.265 e. The Morgan fingerprint density at radius 1 is 0.676 bits per heavy atom. The van der Waals surface area contributed by atoms with Crippen LogP contribution in [-0.4, -0.2) is 32.1 Å². The highest BCUT2D eigenvalue weighted by Gasteiger charge is 2.20. The molecule has 4 rings (SSSR count). The number of benzene rings is 4. The second kappa shape index (κ2) is 11.8. The highest BCUT2D eigenvalue weighted by Crippen LogP contribution is 2.37. The SMILES string of the molecule is COc1cc(NC(=O)C(C)Oc2ccc(-c3ccccc3)cc2)c(OC)cc1NC(=O)c1ccccc1. The zero-order valence-corrected chi connectivity index (χ0v) is 20.9. The molecule has 7 heteroatoms. The molecule has 0 bridgehead atoms. The molecule has 0 radical (unpaired) electrons. The van der Waals surface area contributed by atoms with E-state index in [9.17, 15) is 9.59 Å². The number of ether oxygens (including phenoxy) is 3. The molecular formula is C30H28N2O5. The van der Waals surface area contributed by atoms with Crippen LogP contribution in [0.25, 0.3) is 11.1 Å². The first kappa shape index (κ1) is 25.3. The fourth-order valence-corrected chi connectivity index (χ4v) is 3.73. The fourth-order valence-electron chi connectivity index (χ4n) is 3.73. The lowest BCUT2D eigenvalue weighted by Gasteiger charge is -2.18. The molecule has 2 N–H and O–H groups in total. The number of carbonyl (C=O) groups is 2. The van der Waals surface area contributed by atoms with Crippen molar-refractivity contribution < 1.29 is 23.8 Å². The third kappa shape index (κ3) is 6.27. The molecular weight excluding hydrogens is 468 g/mol. The van der Waals surface area contributed by atoms with Crippen LogP contribution in [-0.2, 0) is 4.79 Å². The first-order chi connectivity index (χ1) is 18.0. The predicted molar refractivity (Wildman–Crippen MR) is 145 cm³/mol. The van der Waals surface area contributed by atoms with Crippen LogP contribution in [0.1, 0.15) is 17.3 Å². The minimum Gasteiger partial charge on any atom is -0.494 e. The molecule has 1 atom stereocenters. The zero-order chi connectivity index (χ0) is 26.2. The highest BCUT2D eigenvalue weighted by molar-refractivity contribution is 6.05. The van der Waals surface area contributed by atoms with Gasteiger partial charge < -0.3 is 24.8 Å². The van der Waals surface area contributed by atoms with Crippen LogP contribution < -0.4 is 24.8 Å². The Bertz CT molecular complexity index is 1360. The van der Waals surface area contributed by atoms with Crippen molar-refractivity contribution in [3.05, 3.63) is 103 Å². The van der Waals surface area contributed by atoms with Gasteiger partial charge in [-0.3, -0.25) is 9.59 Å². The minimum absolute atomic E-state index is 0.293. The molecule has 0 spiro atoms. The Balaban J connectivity index is 1.45. The van der Waals surface area contributed by atoms with Crippen LogP contribution >= 0.6 is 0 Å². The van der Waals surface area contributed by atoms with Gasteiger partial charge in [0.25, 0.3) is 11.8 Å². The number of carbonyl (C=O) groups excluding carboxylic acids is 2. The van der Waals surface area contributed by atoms with Gasteiger partial charge >= 0.3 is 0 Å². The molecule has 0 saturated heterocycles. The largest absolute Gasteiger partial charge is 0.494 e. The minimum atomic E-state index is -0.782. The highest BCUT2D eigenvalue weighted by atomic mass is 16.5. The molecule has 0 aromatic heterocycles. The van der Waals surface area contributed by atoms with Crippen molar-refractivity contribution in [1.82, 2.24) is 0 Å². The van der Waals surface area contributed by atoms with Gasteiger partial charge in [0.05, 0.1) is 25.6 Å². The standard InChI is InChI=1S/C30H28N2O5/c1-20(37-24-16-14-22(15-17-24)21-10-6-4-7-11-21)29(33)31-25-18-28(36-3)26(19-27(25)35-2)32-30(34)23-12-8-5-9-13-23/h4-20H,1-3H3,(H,31,33)(H,32,34). The molecule has 0 fully saturated rings. The molecule has 0 aliphatic rings. The molecule has 37 heavy (non-hydrogen) atoms. The molecule has 0 heterocycles. The van der Waals surface area contributed by atoms with E-state index in [1.807, 2.05) is 60.7 Å². The van der Waals surface area contributed by atoms with Crippen molar-refractivity contribution in [3.8, 4) is 28.4 Å². The fraction of sp³-hybridized carbons (Fsp3) is 0.133. The average Bonchev–Trinajstić information content (AvgIpc) is 2.94. The summed E-state index contributed by atoms with van der Waals surface area (Å²) in [6.45, 7) is 1.67. The molecule has 0 saturated carbocycles. The first-order valence-corrected chi connectivity index (χ1v) is 11.7. The van der Waals surface area contributed by atoms with Gasteiger partial charge in [-0.25, -0.2) is 0 Å². The molecule has 188 valence electrons. The second-order valence-corrected chi connectivity index (χ2v) is 8.21. The van der Waals surface area contributed by atoms with E-state index in [1.165, 1.54) is 14.2 Å². The number of nitrogens with one attached hydrogen (secondary N) is 2. The maximum Gasteiger partial charge on any atom is 0.265 e. The monoisotopic (exact) mass is 496 g/mol. The second-order valence-electron chi connectivity index (χ2n) is 8.21. The lowest BCUT2D eigenvalue weighted by atomic mass is 10.1. The number of anilines is 2. The topological polar surface area (TPSA) is 85.9 Å². The summed E-state index contributed by atoms with van der Waals surface area (Å²) < 4.78 is 16.8. The summed E-state index contributed by atoms with van der Waals surface area (Å²) in [5, 5.41) is 5.65. The summed E-state index contributed by atoms with van der Waals surface area (Å²) >= 11 is 0. The van der Waals surface area contributed by atoms with Crippen LogP contribution in [0.5, 0.6) is 17.2 Å². The van der Waals surface area contributed by atoms with E-state index in [1.54, 1.807) is 43.3 Å². The number of rotatable bonds is 9. The third-order valence-electron chi connectivity index (χ3n) is 5.71. The van der Waals surface area contributed by atoms with E-state index >= 15 is 0 Å². The van der Waals surface area contributed by atoms with Crippen molar-refractivity contribution >= 4 is 23.2 Å². The summed E-state index contributed by atoms with van der Waals surface area (Å²) in [5.74, 6) is 0.639. The number of hydrogen-bond acceptors (Lipinski definition) is 5. The van der Waals surface area contributed by atoms with Crippen molar-refractivity contribution in [2.45, 2.75) is 13.0 Å². The first-order valence-electron chi connectivity index (χ1n) is 11.7. The van der Waals surface area contributed by atoms with Gasteiger partial charge in [0.1, 0.15) is 17.2 Å². The Morgan fingerprint density at radius 2 is 1.19 bits per heavy atom. The number of methoxy groups -OCH3 is 2. The summed E-state index contributed by atoms with van der Waals surface area (Å²) in [7, 11) is 2.96. The van der Waals surface area contributed by atoms with Gasteiger partial charge in [-0.1, -0.05) is 60.7 Å². The summed E-state index contributed by atoms with van der Waals surface area (Å²) in [4.78, 5) is 25.5. The lowest BCUT2D eigenvalue weighted by Crippen LogP contribution is -2.30. The number of hydrogen-bond donors (Lipinski definition) is 2. The zero-order valence-electron chi connectivity index (χ0n) is 20.9. The lowest BCUT2D eigenvalue weighted by molar-refractivity contribution is -0.122. The van der Waals surface area contributed by atoms with Crippen LogP contribution in [0.3, 0.4) is 0 Å². The van der Waals surface area contributed by atoms with E-state index in [4.69, 9.17) is 14.2 Å². The molecule has 7 nitrogen and oxygen atoms in total. The quantitative estimate of drug-likeness (QED) is 0.296. The normalized spacial score (nSPS) is 11.2. The summed E-state index contributed by atoms with van der Waals surface area (Å²) in [6, 6.07) is 29.6. The Morgan fingerprint density at radius 3 is 1.76 bits per heavy atom. The van der Waals surface area contributed by atoms with E-state index in [2.05, 4.69) is 10.6 Å². The van der Waals surface area contributed by atoms with E-state index in [0.29, 0.717) is 34.2 Å². The molecule has 4 aromatic carbocycles. The van der Waals surface area contributed by atoms with E-state index < -0.39 is 6.10 Å². The Hall–Kier alpha value is -4.78. The van der Waals surface area contributed by atoms with Crippen LogP contribution in [0.2, 0.25) is 0 Å². The van der Waals surface area contributed by atoms with Crippen LogP contribution in [0, 0.1) is 0 Å². The van der Waals surface area contributed by atoms with Gasteiger partial charge in [0.2, 0.25) is 0 Å². The van der Waals surface area contributed by atoms with Crippen molar-refractivity contribution in [2.75, 3.05) is 24.9 Å². The maximum atomic E-state index is 12.9. The predicted octanol–water partition coefficient (Wildman–Crippen LogP) is 6.03. The van der Waals surface area contributed by atoms with Gasteiger partial charge in [0.15, 0.2) is 6.10 Å². The summed E-state index contributed by atoms with van der Waals surface area (Å²) in [6.07, 6.45) is -0.782. The molecule has 0 aliphatic heterocycles. The molecule has 0 aliphatic carbocycles. The van der Waals surface area contributed by atoms with Crippen LogP contribution in [0.4, 0.5) is 11.4 Å². The van der Waals surface area contributed by atoms with E-state index in [-0.39, 0.29) is 11.8 Å². The molecule has 4 aromatic rings. The Labute approximate surface area is 216 Å². The molecule has 1 unspecified atom stereocenters. The summed E-state index contributed by atoms with van der Waals surface area (Å²) in [5.41, 5.74) is 3.46. The van der Waals surface area contributed by atoms with Crippen molar-refractivity contribution in [1.29, 1.82) is 0 Å². The van der Waals surface area contributed by atoms with Gasteiger partial charge in [-0.05, 0) is 42.3 Å². The van der Waals surface area contributed by atoms with Crippen molar-refractivity contribution in [2.24, 2.45) is 0 Å². The molecule has 2 amide bonds. The van der Waals surface area contributed by atoms with Gasteiger partial charge in [-0.15, -0.1) is 0 Å². The average molecular weight is 497 g/mol. The Kier molecular flexibility index (Phi) is 8.05.